The topological polar surface area (TPSA) is 71.2 Å². The molecule has 0 saturated heterocycles. The number of nitrogens with one attached hydrogen (secondary N) is 1. The Bertz CT molecular complexity index is 642. The van der Waals surface area contributed by atoms with Gasteiger partial charge >= 0.3 is 0 Å². The summed E-state index contributed by atoms with van der Waals surface area (Å²) < 4.78 is 13.4. The Labute approximate surface area is 126 Å². The number of thiazole rings is 1. The molecule has 0 radical (unpaired) electrons. The van der Waals surface area contributed by atoms with Gasteiger partial charge in [-0.3, -0.25) is 4.79 Å². The van der Waals surface area contributed by atoms with Crippen molar-refractivity contribution in [3.8, 4) is 0 Å². The monoisotopic (exact) mass is 308 g/mol. The zero-order chi connectivity index (χ0) is 15.4. The van der Waals surface area contributed by atoms with Gasteiger partial charge in [-0.25, -0.2) is 9.37 Å². The van der Waals surface area contributed by atoms with Crippen LogP contribution >= 0.6 is 11.3 Å². The molecule has 21 heavy (non-hydrogen) atoms. The number of rotatable bonds is 5. The van der Waals surface area contributed by atoms with E-state index in [0.29, 0.717) is 28.5 Å². The van der Waals surface area contributed by atoms with Crippen molar-refractivity contribution in [3.05, 3.63) is 40.5 Å². The number of amides is 1. The summed E-state index contributed by atoms with van der Waals surface area (Å²) in [5, 5.41) is 3.41. The summed E-state index contributed by atoms with van der Waals surface area (Å²) in [4.78, 5) is 18.3. The van der Waals surface area contributed by atoms with Gasteiger partial charge in [0, 0.05) is 20.6 Å². The second-order valence-corrected chi connectivity index (χ2v) is 5.68. The molecular weight excluding hydrogens is 291 g/mol. The van der Waals surface area contributed by atoms with E-state index >= 15 is 0 Å². The van der Waals surface area contributed by atoms with E-state index in [1.54, 1.807) is 23.1 Å². The van der Waals surface area contributed by atoms with Gasteiger partial charge in [0.15, 0.2) is 5.13 Å². The highest BCUT2D eigenvalue weighted by Crippen LogP contribution is 2.26. The molecule has 2 aromatic rings. The van der Waals surface area contributed by atoms with Gasteiger partial charge in [-0.1, -0.05) is 29.5 Å². The standard InChI is InChI=1S/C14H17FN4OS/c1-19(2)14-18-12(16)11(21-14)13(20)17-8-7-9-5-3-4-6-10(9)15/h3-6H,7-8,16H2,1-2H3,(H,17,20). The SMILES string of the molecule is CN(C)c1nc(N)c(C(=O)NCCc2ccccc2F)s1. The van der Waals surface area contributed by atoms with Gasteiger partial charge in [-0.2, -0.15) is 0 Å². The van der Waals surface area contributed by atoms with Crippen LogP contribution in [0, 0.1) is 5.82 Å². The lowest BCUT2D eigenvalue weighted by atomic mass is 10.1. The molecule has 1 aromatic carbocycles. The molecule has 1 aromatic heterocycles. The molecule has 0 aliphatic rings. The number of halogens is 1. The highest BCUT2D eigenvalue weighted by atomic mass is 32.1. The number of hydrogen-bond donors (Lipinski definition) is 2. The van der Waals surface area contributed by atoms with Crippen molar-refractivity contribution in [1.29, 1.82) is 0 Å². The summed E-state index contributed by atoms with van der Waals surface area (Å²) in [7, 11) is 3.66. The Hall–Kier alpha value is -2.15. The van der Waals surface area contributed by atoms with Crippen LogP contribution in [0.1, 0.15) is 15.2 Å². The van der Waals surface area contributed by atoms with Gasteiger partial charge in [-0.05, 0) is 18.1 Å². The minimum absolute atomic E-state index is 0.215. The quantitative estimate of drug-likeness (QED) is 0.885. The van der Waals surface area contributed by atoms with Crippen LogP contribution in [0.3, 0.4) is 0 Å². The van der Waals surface area contributed by atoms with E-state index in [2.05, 4.69) is 10.3 Å². The highest BCUT2D eigenvalue weighted by molar-refractivity contribution is 7.18. The summed E-state index contributed by atoms with van der Waals surface area (Å²) in [5.74, 6) is -0.333. The van der Waals surface area contributed by atoms with E-state index in [1.807, 2.05) is 14.1 Å². The van der Waals surface area contributed by atoms with Gasteiger partial charge in [0.05, 0.1) is 0 Å². The molecule has 0 bridgehead atoms. The first kappa shape index (κ1) is 15.2. The lowest BCUT2D eigenvalue weighted by molar-refractivity contribution is 0.0958. The van der Waals surface area contributed by atoms with Crippen molar-refractivity contribution in [2.45, 2.75) is 6.42 Å². The fraction of sp³-hybridized carbons (Fsp3) is 0.286. The molecule has 112 valence electrons. The number of carbonyl (C=O) groups excluding carboxylic acids is 1. The van der Waals surface area contributed by atoms with Gasteiger partial charge in [-0.15, -0.1) is 0 Å². The van der Waals surface area contributed by atoms with Crippen LogP contribution in [-0.2, 0) is 6.42 Å². The molecule has 7 heteroatoms. The summed E-state index contributed by atoms with van der Waals surface area (Å²) >= 11 is 1.23. The van der Waals surface area contributed by atoms with Crippen molar-refractivity contribution in [1.82, 2.24) is 10.3 Å². The predicted octanol–water partition coefficient (Wildman–Crippen LogP) is 1.90. The third-order valence-electron chi connectivity index (χ3n) is 2.87. The molecule has 2 rings (SSSR count). The predicted molar refractivity (Wildman–Crippen MR) is 83.3 cm³/mol. The molecule has 0 unspecified atom stereocenters. The van der Waals surface area contributed by atoms with Crippen LogP contribution in [0.25, 0.3) is 0 Å². The van der Waals surface area contributed by atoms with Crippen molar-refractivity contribution in [2.24, 2.45) is 0 Å². The van der Waals surface area contributed by atoms with E-state index in [0.717, 1.165) is 0 Å². The van der Waals surface area contributed by atoms with Crippen LogP contribution in [0.5, 0.6) is 0 Å². The Kier molecular flexibility index (Phi) is 4.74. The summed E-state index contributed by atoms with van der Waals surface area (Å²) in [5.41, 5.74) is 6.31. The molecule has 3 N–H and O–H groups in total. The van der Waals surface area contributed by atoms with E-state index in [4.69, 9.17) is 5.73 Å². The van der Waals surface area contributed by atoms with E-state index in [1.165, 1.54) is 17.4 Å². The summed E-state index contributed by atoms with van der Waals surface area (Å²) in [6.07, 6.45) is 0.428. The average molecular weight is 308 g/mol. The zero-order valence-corrected chi connectivity index (χ0v) is 12.7. The summed E-state index contributed by atoms with van der Waals surface area (Å²) in [6, 6.07) is 6.51. The molecule has 0 fully saturated rings. The first-order chi connectivity index (χ1) is 9.99. The lowest BCUT2D eigenvalue weighted by Gasteiger charge is -2.06. The molecule has 0 aliphatic carbocycles. The lowest BCUT2D eigenvalue weighted by Crippen LogP contribution is -2.25. The second-order valence-electron chi connectivity index (χ2n) is 4.70. The number of nitrogen functional groups attached to an aromatic ring is 1. The number of benzene rings is 1. The number of carbonyl (C=O) groups is 1. The number of hydrogen-bond acceptors (Lipinski definition) is 5. The Balaban J connectivity index is 1.95. The molecule has 0 aliphatic heterocycles. The van der Waals surface area contributed by atoms with Gasteiger partial charge in [0.25, 0.3) is 5.91 Å². The average Bonchev–Trinajstić information content (AvgIpc) is 2.83. The number of anilines is 2. The van der Waals surface area contributed by atoms with Gasteiger partial charge < -0.3 is 16.0 Å². The number of nitrogens with two attached hydrogens (primary N) is 1. The summed E-state index contributed by atoms with van der Waals surface area (Å²) in [6.45, 7) is 0.342. The first-order valence-corrected chi connectivity index (χ1v) is 7.26. The molecule has 5 nitrogen and oxygen atoms in total. The van der Waals surface area contributed by atoms with E-state index in [9.17, 15) is 9.18 Å². The fourth-order valence-electron chi connectivity index (χ4n) is 1.77. The molecule has 0 saturated carbocycles. The van der Waals surface area contributed by atoms with Crippen LogP contribution in [-0.4, -0.2) is 31.5 Å². The normalized spacial score (nSPS) is 10.4. The van der Waals surface area contributed by atoms with Crippen LogP contribution in [0.15, 0.2) is 24.3 Å². The Morgan fingerprint density at radius 1 is 1.43 bits per heavy atom. The van der Waals surface area contributed by atoms with E-state index < -0.39 is 0 Å². The van der Waals surface area contributed by atoms with Crippen molar-refractivity contribution in [2.75, 3.05) is 31.3 Å². The molecule has 0 spiro atoms. The molecule has 1 heterocycles. The molecule has 1 amide bonds. The Morgan fingerprint density at radius 3 is 2.76 bits per heavy atom. The minimum atomic E-state index is -0.283. The maximum atomic E-state index is 13.4. The number of aromatic nitrogens is 1. The van der Waals surface area contributed by atoms with Crippen LogP contribution in [0.4, 0.5) is 15.3 Å². The van der Waals surface area contributed by atoms with E-state index in [-0.39, 0.29) is 17.5 Å². The minimum Gasteiger partial charge on any atom is -0.382 e. The third-order valence-corrected chi connectivity index (χ3v) is 4.11. The first-order valence-electron chi connectivity index (χ1n) is 6.44. The number of nitrogens with zero attached hydrogens (tertiary/aromatic N) is 2. The van der Waals surface area contributed by atoms with Crippen LogP contribution in [0.2, 0.25) is 0 Å². The van der Waals surface area contributed by atoms with Crippen molar-refractivity contribution in [3.63, 3.8) is 0 Å². The Morgan fingerprint density at radius 2 is 2.14 bits per heavy atom. The largest absolute Gasteiger partial charge is 0.382 e. The fourth-order valence-corrected chi connectivity index (χ4v) is 2.59. The highest BCUT2D eigenvalue weighted by Gasteiger charge is 2.16. The second kappa shape index (κ2) is 6.53. The zero-order valence-electron chi connectivity index (χ0n) is 11.9. The van der Waals surface area contributed by atoms with Crippen molar-refractivity contribution >= 4 is 28.2 Å². The van der Waals surface area contributed by atoms with Gasteiger partial charge in [0.1, 0.15) is 16.5 Å². The third kappa shape index (κ3) is 3.69. The smallest absolute Gasteiger partial charge is 0.265 e. The molecular formula is C14H17FN4OS. The maximum Gasteiger partial charge on any atom is 0.265 e. The maximum absolute atomic E-state index is 13.4. The van der Waals surface area contributed by atoms with Gasteiger partial charge in [0.2, 0.25) is 0 Å². The molecule has 0 atom stereocenters. The van der Waals surface area contributed by atoms with Crippen molar-refractivity contribution < 1.29 is 9.18 Å². The van der Waals surface area contributed by atoms with Crippen LogP contribution < -0.4 is 16.0 Å².